The van der Waals surface area contributed by atoms with Gasteiger partial charge in [-0.05, 0) is 5.92 Å². The summed E-state index contributed by atoms with van der Waals surface area (Å²) in [6.45, 7) is 4.51. The molecule has 0 aliphatic heterocycles. The first-order valence-electron chi connectivity index (χ1n) is 3.69. The molecule has 1 rings (SSSR count). The third-order valence-corrected chi connectivity index (χ3v) is 1.32. The zero-order valence-electron chi connectivity index (χ0n) is 7.08. The van der Waals surface area contributed by atoms with Crippen LogP contribution in [0.4, 0.5) is 10.2 Å². The summed E-state index contributed by atoms with van der Waals surface area (Å²) in [7, 11) is 0. The largest absolute Gasteiger partial charge is 0.289 e. The zero-order chi connectivity index (χ0) is 9.14. The second-order valence-corrected chi connectivity index (χ2v) is 2.98. The summed E-state index contributed by atoms with van der Waals surface area (Å²) in [4.78, 5) is 0. The Balaban J connectivity index is 2.65. The van der Waals surface area contributed by atoms with Crippen molar-refractivity contribution in [1.82, 2.24) is 15.4 Å². The van der Waals surface area contributed by atoms with Crippen LogP contribution in [0.15, 0.2) is 0 Å². The van der Waals surface area contributed by atoms with Crippen LogP contribution >= 0.6 is 0 Å². The number of hydrogen-bond acceptors (Lipinski definition) is 4. The highest BCUT2D eigenvalue weighted by Crippen LogP contribution is 2.09. The van der Waals surface area contributed by atoms with Gasteiger partial charge < -0.3 is 0 Å². The van der Waals surface area contributed by atoms with E-state index in [1.54, 1.807) is 0 Å². The van der Waals surface area contributed by atoms with Gasteiger partial charge in [0.2, 0.25) is 5.82 Å². The van der Waals surface area contributed by atoms with Crippen LogP contribution in [0.3, 0.4) is 0 Å². The molecule has 0 aromatic carbocycles. The second kappa shape index (κ2) is 3.48. The first-order chi connectivity index (χ1) is 5.61. The molecule has 0 atom stereocenters. The fourth-order valence-corrected chi connectivity index (χ4v) is 0.875. The van der Waals surface area contributed by atoms with Gasteiger partial charge in [-0.1, -0.05) is 13.8 Å². The molecule has 0 amide bonds. The van der Waals surface area contributed by atoms with Gasteiger partial charge in [0.25, 0.3) is 5.95 Å². The van der Waals surface area contributed by atoms with Gasteiger partial charge in [-0.2, -0.15) is 9.60 Å². The Kier molecular flexibility index (Phi) is 2.59. The van der Waals surface area contributed by atoms with Crippen molar-refractivity contribution >= 4 is 5.82 Å². The van der Waals surface area contributed by atoms with E-state index in [9.17, 15) is 4.39 Å². The monoisotopic (exact) mass is 173 g/mol. The first-order valence-corrected chi connectivity index (χ1v) is 3.69. The third kappa shape index (κ3) is 1.91. The number of rotatable bonds is 3. The Morgan fingerprint density at radius 3 is 2.67 bits per heavy atom. The number of hydrazine groups is 1. The lowest BCUT2D eigenvalue weighted by molar-refractivity contribution is 0.561. The van der Waals surface area contributed by atoms with Gasteiger partial charge in [-0.15, -0.1) is 10.2 Å². The quantitative estimate of drug-likeness (QED) is 0.508. The molecule has 0 bridgehead atoms. The Hall–Kier alpha value is -1.17. The maximum Gasteiger partial charge on any atom is 0.277 e. The highest BCUT2D eigenvalue weighted by Gasteiger charge is 2.12. The van der Waals surface area contributed by atoms with Crippen LogP contribution in [0.1, 0.15) is 13.8 Å². The number of anilines is 1. The summed E-state index contributed by atoms with van der Waals surface area (Å²) in [6, 6.07) is 0. The van der Waals surface area contributed by atoms with E-state index in [0.29, 0.717) is 12.5 Å². The van der Waals surface area contributed by atoms with Gasteiger partial charge in [0.1, 0.15) is 0 Å². The number of hydrogen-bond donors (Lipinski definition) is 2. The van der Waals surface area contributed by atoms with Crippen molar-refractivity contribution in [1.29, 1.82) is 0 Å². The van der Waals surface area contributed by atoms with E-state index >= 15 is 0 Å². The van der Waals surface area contributed by atoms with Crippen molar-refractivity contribution in [3.63, 3.8) is 0 Å². The van der Waals surface area contributed by atoms with E-state index in [1.807, 2.05) is 13.8 Å². The minimum Gasteiger partial charge on any atom is -0.289 e. The molecule has 1 heterocycles. The van der Waals surface area contributed by atoms with Gasteiger partial charge in [-0.3, -0.25) is 5.01 Å². The Morgan fingerprint density at radius 2 is 2.25 bits per heavy atom. The average molecular weight is 173 g/mol. The highest BCUT2D eigenvalue weighted by molar-refractivity contribution is 5.32. The fourth-order valence-electron chi connectivity index (χ4n) is 0.875. The minimum atomic E-state index is -0.668. The Labute approximate surface area is 69.7 Å². The van der Waals surface area contributed by atoms with E-state index in [2.05, 4.69) is 15.4 Å². The summed E-state index contributed by atoms with van der Waals surface area (Å²) in [5.74, 6) is 5.26. The number of aromatic nitrogens is 3. The fraction of sp³-hybridized carbons (Fsp3) is 0.667. The van der Waals surface area contributed by atoms with Crippen molar-refractivity contribution in [2.75, 3.05) is 11.6 Å². The molecule has 12 heavy (non-hydrogen) atoms. The van der Waals surface area contributed by atoms with E-state index < -0.39 is 5.95 Å². The molecule has 1 aromatic heterocycles. The van der Waals surface area contributed by atoms with Gasteiger partial charge >= 0.3 is 0 Å². The molecule has 1 aromatic rings. The number of H-pyrrole nitrogens is 1. The third-order valence-electron chi connectivity index (χ3n) is 1.32. The van der Waals surface area contributed by atoms with Crippen LogP contribution in [0.2, 0.25) is 0 Å². The Bertz CT molecular complexity index is 246. The zero-order valence-corrected chi connectivity index (χ0v) is 7.08. The van der Waals surface area contributed by atoms with Crippen LogP contribution in [-0.2, 0) is 0 Å². The number of aromatic amines is 1. The molecule has 0 spiro atoms. The van der Waals surface area contributed by atoms with Crippen LogP contribution in [-0.4, -0.2) is 22.0 Å². The molecule has 0 fully saturated rings. The van der Waals surface area contributed by atoms with Gasteiger partial charge in [0.15, 0.2) is 0 Å². The lowest BCUT2D eigenvalue weighted by atomic mass is 10.2. The molecule has 0 unspecified atom stereocenters. The summed E-state index contributed by atoms with van der Waals surface area (Å²) in [5.41, 5.74) is 0. The van der Waals surface area contributed by atoms with E-state index in [1.165, 1.54) is 5.01 Å². The molecule has 0 aliphatic carbocycles. The molecule has 5 nitrogen and oxygen atoms in total. The number of nitrogens with one attached hydrogen (secondary N) is 1. The maximum absolute atomic E-state index is 12.7. The molecule has 0 radical (unpaired) electrons. The molecule has 0 saturated heterocycles. The lowest BCUT2D eigenvalue weighted by Crippen LogP contribution is -2.35. The first kappa shape index (κ1) is 8.92. The van der Waals surface area contributed by atoms with Crippen LogP contribution < -0.4 is 10.9 Å². The molecule has 68 valence electrons. The highest BCUT2D eigenvalue weighted by atomic mass is 19.1. The van der Waals surface area contributed by atoms with Crippen LogP contribution in [0.25, 0.3) is 0 Å². The van der Waals surface area contributed by atoms with E-state index in [-0.39, 0.29) is 5.82 Å². The van der Waals surface area contributed by atoms with E-state index in [4.69, 9.17) is 5.84 Å². The normalized spacial score (nSPS) is 10.8. The summed E-state index contributed by atoms with van der Waals surface area (Å²) in [6.07, 6.45) is 0. The summed E-state index contributed by atoms with van der Waals surface area (Å²) >= 11 is 0. The van der Waals surface area contributed by atoms with Crippen molar-refractivity contribution in [2.45, 2.75) is 13.8 Å². The average Bonchev–Trinajstić information content (AvgIpc) is 2.33. The summed E-state index contributed by atoms with van der Waals surface area (Å²) in [5, 5.41) is 10.2. The van der Waals surface area contributed by atoms with Gasteiger partial charge in [0, 0.05) is 6.54 Å². The van der Waals surface area contributed by atoms with Crippen LogP contribution in [0, 0.1) is 11.9 Å². The van der Waals surface area contributed by atoms with Gasteiger partial charge in [-0.25, -0.2) is 5.84 Å². The SMILES string of the molecule is CC(C)CN(N)c1n[nH]nc1F. The number of nitrogens with two attached hydrogens (primary N) is 1. The van der Waals surface area contributed by atoms with E-state index in [0.717, 1.165) is 0 Å². The molecule has 3 N–H and O–H groups in total. The molecule has 0 saturated carbocycles. The smallest absolute Gasteiger partial charge is 0.277 e. The molecular formula is C6H12FN5. The number of halogens is 1. The van der Waals surface area contributed by atoms with Crippen molar-refractivity contribution in [3.8, 4) is 0 Å². The summed E-state index contributed by atoms with van der Waals surface area (Å²) < 4.78 is 12.7. The van der Waals surface area contributed by atoms with Gasteiger partial charge in [0.05, 0.1) is 0 Å². The lowest BCUT2D eigenvalue weighted by Gasteiger charge is -2.16. The number of nitrogens with zero attached hydrogens (tertiary/aromatic N) is 3. The van der Waals surface area contributed by atoms with Crippen LogP contribution in [0.5, 0.6) is 0 Å². The standard InChI is InChI=1S/C6H12FN5/c1-4(2)3-12(8)6-5(7)9-11-10-6/h4H,3,8H2,1-2H3,(H,9,10,11). The molecule has 6 heteroatoms. The topological polar surface area (TPSA) is 70.8 Å². The van der Waals surface area contributed by atoms with Crippen molar-refractivity contribution in [2.24, 2.45) is 11.8 Å². The predicted octanol–water partition coefficient (Wildman–Crippen LogP) is 0.280. The van der Waals surface area contributed by atoms with Crippen molar-refractivity contribution < 1.29 is 4.39 Å². The minimum absolute atomic E-state index is 0.0590. The molecular weight excluding hydrogens is 161 g/mol. The Morgan fingerprint density at radius 1 is 1.58 bits per heavy atom. The van der Waals surface area contributed by atoms with Crippen molar-refractivity contribution in [3.05, 3.63) is 5.95 Å². The maximum atomic E-state index is 12.7. The predicted molar refractivity (Wildman–Crippen MR) is 42.7 cm³/mol. The molecule has 0 aliphatic rings. The second-order valence-electron chi connectivity index (χ2n) is 2.98.